The Balaban J connectivity index is 2.06. The lowest BCUT2D eigenvalue weighted by Crippen LogP contribution is -2.28. The topological polar surface area (TPSA) is 66.4 Å². The number of benzene rings is 2. The van der Waals surface area contributed by atoms with E-state index >= 15 is 0 Å². The van der Waals surface area contributed by atoms with Gasteiger partial charge in [-0.2, -0.15) is 0 Å². The van der Waals surface area contributed by atoms with Crippen LogP contribution < -0.4 is 4.72 Å². The molecule has 1 unspecified atom stereocenters. The fourth-order valence-electron chi connectivity index (χ4n) is 2.10. The van der Waals surface area contributed by atoms with Crippen molar-refractivity contribution in [2.45, 2.75) is 29.7 Å². The summed E-state index contributed by atoms with van der Waals surface area (Å²) in [7, 11) is -3.63. The molecule has 0 aromatic heterocycles. The van der Waals surface area contributed by atoms with Crippen molar-refractivity contribution < 1.29 is 13.5 Å². The van der Waals surface area contributed by atoms with E-state index in [1.165, 1.54) is 0 Å². The second-order valence-corrected chi connectivity index (χ2v) is 8.03. The molecule has 2 aromatic carbocycles. The van der Waals surface area contributed by atoms with Crippen LogP contribution in [0.4, 0.5) is 0 Å². The van der Waals surface area contributed by atoms with Crippen LogP contribution in [-0.2, 0) is 10.0 Å². The average Bonchev–Trinajstić information content (AvgIpc) is 2.55. The van der Waals surface area contributed by atoms with Crippen LogP contribution in [0, 0.1) is 13.8 Å². The molecule has 0 aliphatic rings. The molecule has 23 heavy (non-hydrogen) atoms. The van der Waals surface area contributed by atoms with Crippen LogP contribution in [-0.4, -0.2) is 26.3 Å². The van der Waals surface area contributed by atoms with Gasteiger partial charge in [0.1, 0.15) is 0 Å². The number of aliphatic hydroxyl groups excluding tert-OH is 1. The Bertz CT molecular complexity index is 771. The second-order valence-electron chi connectivity index (χ2n) is 5.39. The minimum Gasteiger partial charge on any atom is -0.387 e. The van der Waals surface area contributed by atoms with E-state index in [9.17, 15) is 13.5 Å². The van der Waals surface area contributed by atoms with Gasteiger partial charge in [0, 0.05) is 11.4 Å². The number of nitrogens with one attached hydrogen (secondary N) is 1. The molecule has 0 heterocycles. The molecule has 2 aromatic rings. The summed E-state index contributed by atoms with van der Waals surface area (Å²) in [6.45, 7) is 3.74. The molecular weight excluding hydrogens is 330 g/mol. The summed E-state index contributed by atoms with van der Waals surface area (Å²) in [6.07, 6.45) is 1.09. The lowest BCUT2D eigenvalue weighted by atomic mass is 10.1. The van der Waals surface area contributed by atoms with Crippen molar-refractivity contribution in [3.8, 4) is 0 Å². The van der Waals surface area contributed by atoms with Gasteiger partial charge in [0.15, 0.2) is 0 Å². The third-order valence-corrected chi connectivity index (χ3v) is 5.92. The monoisotopic (exact) mass is 351 g/mol. The van der Waals surface area contributed by atoms with Crippen LogP contribution in [0.3, 0.4) is 0 Å². The normalized spacial score (nSPS) is 13.0. The molecule has 0 fully saturated rings. The van der Waals surface area contributed by atoms with Crippen molar-refractivity contribution >= 4 is 21.8 Å². The summed E-state index contributed by atoms with van der Waals surface area (Å²) >= 11 is 1.61. The molecule has 0 bridgehead atoms. The van der Waals surface area contributed by atoms with Crippen LogP contribution in [0.5, 0.6) is 0 Å². The summed E-state index contributed by atoms with van der Waals surface area (Å²) in [4.78, 5) is 1.31. The quantitative estimate of drug-likeness (QED) is 0.785. The standard InChI is InChI=1S/C17H21NO3S2/c1-12-4-9-16(10-13(12)2)23(20,21)18-11-17(19)14-5-7-15(22-3)8-6-14/h4-10,17-19H,11H2,1-3H3. The second kappa shape index (κ2) is 7.49. The molecular formula is C17H21NO3S2. The highest BCUT2D eigenvalue weighted by Gasteiger charge is 2.17. The molecule has 2 rings (SSSR count). The Morgan fingerprint density at radius 1 is 1.09 bits per heavy atom. The largest absolute Gasteiger partial charge is 0.387 e. The van der Waals surface area contributed by atoms with E-state index in [1.807, 2.05) is 32.2 Å². The van der Waals surface area contributed by atoms with E-state index in [4.69, 9.17) is 0 Å². The first kappa shape index (κ1) is 18.0. The van der Waals surface area contributed by atoms with Crippen molar-refractivity contribution in [1.29, 1.82) is 0 Å². The van der Waals surface area contributed by atoms with Gasteiger partial charge in [-0.1, -0.05) is 18.2 Å². The van der Waals surface area contributed by atoms with Crippen LogP contribution in [0.1, 0.15) is 22.8 Å². The molecule has 1 atom stereocenters. The molecule has 0 spiro atoms. The van der Waals surface area contributed by atoms with Crippen molar-refractivity contribution in [3.05, 3.63) is 59.2 Å². The smallest absolute Gasteiger partial charge is 0.240 e. The zero-order valence-electron chi connectivity index (χ0n) is 13.4. The van der Waals surface area contributed by atoms with Gasteiger partial charge in [0.25, 0.3) is 0 Å². The zero-order valence-corrected chi connectivity index (χ0v) is 15.0. The molecule has 0 amide bonds. The Hall–Kier alpha value is -1.34. The van der Waals surface area contributed by atoms with E-state index in [0.717, 1.165) is 16.0 Å². The summed E-state index contributed by atoms with van der Waals surface area (Å²) in [5, 5.41) is 10.2. The fourth-order valence-corrected chi connectivity index (χ4v) is 3.63. The summed E-state index contributed by atoms with van der Waals surface area (Å²) in [5.74, 6) is 0. The minimum absolute atomic E-state index is 0.0616. The minimum atomic E-state index is -3.63. The van der Waals surface area contributed by atoms with Gasteiger partial charge in [0.2, 0.25) is 10.0 Å². The Labute approximate surface area is 142 Å². The van der Waals surface area contributed by atoms with Crippen LogP contribution in [0.15, 0.2) is 52.3 Å². The van der Waals surface area contributed by atoms with Crippen LogP contribution in [0.25, 0.3) is 0 Å². The third kappa shape index (κ3) is 4.57. The maximum atomic E-state index is 12.3. The predicted octanol–water partition coefficient (Wildman–Crippen LogP) is 3.04. The number of hydrogen-bond acceptors (Lipinski definition) is 4. The molecule has 0 saturated carbocycles. The maximum absolute atomic E-state index is 12.3. The van der Waals surface area contributed by atoms with Gasteiger partial charge in [0.05, 0.1) is 11.0 Å². The van der Waals surface area contributed by atoms with Crippen molar-refractivity contribution in [2.75, 3.05) is 12.8 Å². The molecule has 0 aliphatic heterocycles. The van der Waals surface area contributed by atoms with Crippen molar-refractivity contribution in [3.63, 3.8) is 0 Å². The first-order chi connectivity index (χ1) is 10.8. The Kier molecular flexibility index (Phi) is 5.86. The lowest BCUT2D eigenvalue weighted by molar-refractivity contribution is 0.182. The number of hydrogen-bond donors (Lipinski definition) is 2. The SMILES string of the molecule is CSc1ccc(C(O)CNS(=O)(=O)c2ccc(C)c(C)c2)cc1. The molecule has 0 aliphatic carbocycles. The van der Waals surface area contributed by atoms with E-state index in [1.54, 1.807) is 42.1 Å². The van der Waals surface area contributed by atoms with Gasteiger partial charge in [-0.3, -0.25) is 0 Å². The predicted molar refractivity (Wildman–Crippen MR) is 94.3 cm³/mol. The molecule has 4 nitrogen and oxygen atoms in total. The average molecular weight is 351 g/mol. The summed E-state index contributed by atoms with van der Waals surface area (Å²) in [6, 6.07) is 12.4. The van der Waals surface area contributed by atoms with Gasteiger partial charge in [-0.15, -0.1) is 11.8 Å². The summed E-state index contributed by atoms with van der Waals surface area (Å²) < 4.78 is 27.1. The van der Waals surface area contributed by atoms with Crippen molar-refractivity contribution in [2.24, 2.45) is 0 Å². The number of aryl methyl sites for hydroxylation is 2. The molecule has 0 radical (unpaired) electrons. The maximum Gasteiger partial charge on any atom is 0.240 e. The van der Waals surface area contributed by atoms with Gasteiger partial charge in [-0.05, 0) is 61.1 Å². The van der Waals surface area contributed by atoms with Crippen LogP contribution >= 0.6 is 11.8 Å². The fraction of sp³-hybridized carbons (Fsp3) is 0.294. The highest BCUT2D eigenvalue weighted by Crippen LogP contribution is 2.20. The van der Waals surface area contributed by atoms with Crippen LogP contribution in [0.2, 0.25) is 0 Å². The Morgan fingerprint density at radius 3 is 2.30 bits per heavy atom. The van der Waals surface area contributed by atoms with Gasteiger partial charge in [-0.25, -0.2) is 13.1 Å². The first-order valence-electron chi connectivity index (χ1n) is 7.22. The Morgan fingerprint density at radius 2 is 1.74 bits per heavy atom. The number of rotatable bonds is 6. The lowest BCUT2D eigenvalue weighted by Gasteiger charge is -2.13. The van der Waals surface area contributed by atoms with E-state index in [0.29, 0.717) is 5.56 Å². The third-order valence-electron chi connectivity index (χ3n) is 3.76. The first-order valence-corrected chi connectivity index (χ1v) is 9.93. The number of aliphatic hydroxyl groups is 1. The number of thioether (sulfide) groups is 1. The van der Waals surface area contributed by atoms with E-state index in [-0.39, 0.29) is 11.4 Å². The molecule has 6 heteroatoms. The van der Waals surface area contributed by atoms with Crippen molar-refractivity contribution in [1.82, 2.24) is 4.72 Å². The summed E-state index contributed by atoms with van der Waals surface area (Å²) in [5.41, 5.74) is 2.64. The van der Waals surface area contributed by atoms with Gasteiger partial charge >= 0.3 is 0 Å². The zero-order chi connectivity index (χ0) is 17.0. The number of sulfonamides is 1. The van der Waals surface area contributed by atoms with E-state index in [2.05, 4.69) is 4.72 Å². The van der Waals surface area contributed by atoms with Gasteiger partial charge < -0.3 is 5.11 Å². The highest BCUT2D eigenvalue weighted by atomic mass is 32.2. The highest BCUT2D eigenvalue weighted by molar-refractivity contribution is 7.98. The molecule has 124 valence electrons. The molecule has 0 saturated heterocycles. The van der Waals surface area contributed by atoms with E-state index < -0.39 is 16.1 Å². The molecule has 2 N–H and O–H groups in total.